The summed E-state index contributed by atoms with van der Waals surface area (Å²) in [6.07, 6.45) is -0.249. The molecule has 0 aliphatic heterocycles. The maximum Gasteiger partial charge on any atom is 0.112 e. The molecule has 0 saturated carbocycles. The van der Waals surface area contributed by atoms with Gasteiger partial charge in [0.05, 0.1) is 0 Å². The standard InChI is InChI=1S/C4H10FN.ClH/c1-2-4(5)3-6;/h4H,2-3,6H2,1H3;1H. The van der Waals surface area contributed by atoms with Gasteiger partial charge in [-0.15, -0.1) is 12.4 Å². The van der Waals surface area contributed by atoms with Crippen LogP contribution < -0.4 is 5.73 Å². The Morgan fingerprint density at radius 1 is 1.71 bits per heavy atom. The first kappa shape index (κ1) is 10.2. The molecule has 0 fully saturated rings. The minimum atomic E-state index is -0.787. The Morgan fingerprint density at radius 2 is 2.14 bits per heavy atom. The summed E-state index contributed by atoms with van der Waals surface area (Å²) >= 11 is 0. The summed E-state index contributed by atoms with van der Waals surface area (Å²) in [5, 5.41) is 0. The molecule has 0 amide bonds. The molecule has 0 spiro atoms. The van der Waals surface area contributed by atoms with Crippen LogP contribution in [0.1, 0.15) is 13.3 Å². The van der Waals surface area contributed by atoms with Crippen molar-refractivity contribution in [3.63, 3.8) is 0 Å². The molecule has 0 radical (unpaired) electrons. The molecule has 2 N–H and O–H groups in total. The first-order valence-electron chi connectivity index (χ1n) is 2.15. The molecule has 0 aromatic rings. The summed E-state index contributed by atoms with van der Waals surface area (Å²) in [6.45, 7) is 1.94. The summed E-state index contributed by atoms with van der Waals surface area (Å²) in [4.78, 5) is 0. The highest BCUT2D eigenvalue weighted by molar-refractivity contribution is 5.85. The van der Waals surface area contributed by atoms with Gasteiger partial charge >= 0.3 is 0 Å². The number of rotatable bonds is 2. The lowest BCUT2D eigenvalue weighted by Crippen LogP contribution is -2.13. The molecule has 3 heteroatoms. The molecular formula is C4H11ClFN. The fourth-order valence-electron chi connectivity index (χ4n) is 0.167. The molecule has 1 atom stereocenters. The topological polar surface area (TPSA) is 26.0 Å². The third-order valence-electron chi connectivity index (χ3n) is 0.699. The van der Waals surface area contributed by atoms with Crippen molar-refractivity contribution in [1.29, 1.82) is 0 Å². The first-order chi connectivity index (χ1) is 2.81. The lowest BCUT2D eigenvalue weighted by atomic mass is 10.3. The van der Waals surface area contributed by atoms with E-state index in [1.54, 1.807) is 6.92 Å². The molecule has 0 aromatic carbocycles. The Bertz CT molecular complexity index is 30.9. The van der Waals surface area contributed by atoms with Crippen LogP contribution in [0.4, 0.5) is 4.39 Å². The van der Waals surface area contributed by atoms with Gasteiger partial charge in [0.15, 0.2) is 0 Å². The van der Waals surface area contributed by atoms with Gasteiger partial charge in [-0.05, 0) is 6.42 Å². The average molecular weight is 128 g/mol. The van der Waals surface area contributed by atoms with Crippen molar-refractivity contribution in [3.05, 3.63) is 0 Å². The van der Waals surface area contributed by atoms with Crippen molar-refractivity contribution in [1.82, 2.24) is 0 Å². The third kappa shape index (κ3) is 6.18. The zero-order valence-corrected chi connectivity index (χ0v) is 5.17. The van der Waals surface area contributed by atoms with E-state index in [0.717, 1.165) is 0 Å². The van der Waals surface area contributed by atoms with Crippen molar-refractivity contribution < 1.29 is 4.39 Å². The van der Waals surface area contributed by atoms with E-state index in [1.165, 1.54) is 0 Å². The zero-order chi connectivity index (χ0) is 4.99. The molecule has 0 aliphatic carbocycles. The van der Waals surface area contributed by atoms with Crippen LogP contribution in [-0.4, -0.2) is 12.7 Å². The normalized spacial score (nSPS) is 12.4. The fraction of sp³-hybridized carbons (Fsp3) is 1.00. The fourth-order valence-corrected chi connectivity index (χ4v) is 0.167. The summed E-state index contributed by atoms with van der Waals surface area (Å²) in [6, 6.07) is 0. The highest BCUT2D eigenvalue weighted by Gasteiger charge is 1.94. The highest BCUT2D eigenvalue weighted by atomic mass is 35.5. The van der Waals surface area contributed by atoms with Crippen LogP contribution >= 0.6 is 12.4 Å². The van der Waals surface area contributed by atoms with E-state index < -0.39 is 6.17 Å². The van der Waals surface area contributed by atoms with E-state index in [9.17, 15) is 4.39 Å². The SMILES string of the molecule is CCC(F)CN.Cl. The summed E-state index contributed by atoms with van der Waals surface area (Å²) in [5.41, 5.74) is 4.91. The highest BCUT2D eigenvalue weighted by Crippen LogP contribution is 1.90. The quantitative estimate of drug-likeness (QED) is 0.591. The Hall–Kier alpha value is 0.180. The third-order valence-corrected chi connectivity index (χ3v) is 0.699. The van der Waals surface area contributed by atoms with Crippen molar-refractivity contribution in [2.45, 2.75) is 19.5 Å². The van der Waals surface area contributed by atoms with Gasteiger partial charge in [-0.1, -0.05) is 6.92 Å². The second-order valence-electron chi connectivity index (χ2n) is 1.24. The van der Waals surface area contributed by atoms with Crippen LogP contribution in [0.5, 0.6) is 0 Å². The predicted molar refractivity (Wildman–Crippen MR) is 31.5 cm³/mol. The average Bonchev–Trinajstić information content (AvgIpc) is 1.65. The van der Waals surface area contributed by atoms with Gasteiger partial charge in [-0.2, -0.15) is 0 Å². The molecule has 46 valence electrons. The Kier molecular flexibility index (Phi) is 9.02. The van der Waals surface area contributed by atoms with E-state index in [1.807, 2.05) is 0 Å². The maximum absolute atomic E-state index is 11.7. The molecule has 0 saturated heterocycles. The maximum atomic E-state index is 11.7. The van der Waals surface area contributed by atoms with Crippen LogP contribution in [0, 0.1) is 0 Å². The van der Waals surface area contributed by atoms with Crippen LogP contribution in [0.15, 0.2) is 0 Å². The molecule has 0 aliphatic rings. The number of hydrogen-bond acceptors (Lipinski definition) is 1. The number of halogens is 2. The zero-order valence-electron chi connectivity index (χ0n) is 4.36. The van der Waals surface area contributed by atoms with E-state index in [-0.39, 0.29) is 19.0 Å². The van der Waals surface area contributed by atoms with Gasteiger partial charge in [0.1, 0.15) is 6.17 Å². The molecule has 0 heterocycles. The van der Waals surface area contributed by atoms with Gasteiger partial charge < -0.3 is 5.73 Å². The number of nitrogens with two attached hydrogens (primary N) is 1. The summed E-state index contributed by atoms with van der Waals surface area (Å²) in [5.74, 6) is 0. The monoisotopic (exact) mass is 127 g/mol. The Morgan fingerprint density at radius 3 is 2.14 bits per heavy atom. The van der Waals surface area contributed by atoms with E-state index in [4.69, 9.17) is 5.73 Å². The van der Waals surface area contributed by atoms with Gasteiger partial charge in [0.2, 0.25) is 0 Å². The number of hydrogen-bond donors (Lipinski definition) is 1. The van der Waals surface area contributed by atoms with Crippen molar-refractivity contribution in [2.24, 2.45) is 5.73 Å². The molecule has 0 rings (SSSR count). The molecular weight excluding hydrogens is 117 g/mol. The van der Waals surface area contributed by atoms with Gasteiger partial charge in [0, 0.05) is 6.54 Å². The smallest absolute Gasteiger partial charge is 0.112 e. The summed E-state index contributed by atoms with van der Waals surface area (Å²) in [7, 11) is 0. The summed E-state index contributed by atoms with van der Waals surface area (Å²) < 4.78 is 11.7. The lowest BCUT2D eigenvalue weighted by molar-refractivity contribution is 0.333. The molecule has 0 bridgehead atoms. The van der Waals surface area contributed by atoms with Gasteiger partial charge in [-0.25, -0.2) is 4.39 Å². The van der Waals surface area contributed by atoms with Crippen LogP contribution in [-0.2, 0) is 0 Å². The molecule has 0 aromatic heterocycles. The largest absolute Gasteiger partial charge is 0.328 e. The minimum absolute atomic E-state index is 0. The number of alkyl halides is 1. The van der Waals surface area contributed by atoms with Crippen LogP contribution in [0.3, 0.4) is 0 Å². The van der Waals surface area contributed by atoms with E-state index >= 15 is 0 Å². The molecule has 1 unspecified atom stereocenters. The van der Waals surface area contributed by atoms with Gasteiger partial charge in [-0.3, -0.25) is 0 Å². The van der Waals surface area contributed by atoms with Crippen molar-refractivity contribution in [3.8, 4) is 0 Å². The van der Waals surface area contributed by atoms with Crippen molar-refractivity contribution in [2.75, 3.05) is 6.54 Å². The molecule has 7 heavy (non-hydrogen) atoms. The van der Waals surface area contributed by atoms with E-state index in [2.05, 4.69) is 0 Å². The Balaban J connectivity index is 0. The Labute approximate surface area is 49.5 Å². The van der Waals surface area contributed by atoms with Crippen LogP contribution in [0.25, 0.3) is 0 Å². The first-order valence-corrected chi connectivity index (χ1v) is 2.15. The second kappa shape index (κ2) is 6.18. The second-order valence-corrected chi connectivity index (χ2v) is 1.24. The predicted octanol–water partition coefficient (Wildman–Crippen LogP) is 1.11. The van der Waals surface area contributed by atoms with Crippen LogP contribution in [0.2, 0.25) is 0 Å². The van der Waals surface area contributed by atoms with E-state index in [0.29, 0.717) is 6.42 Å². The molecule has 1 nitrogen and oxygen atoms in total. The van der Waals surface area contributed by atoms with Crippen molar-refractivity contribution >= 4 is 12.4 Å². The van der Waals surface area contributed by atoms with Gasteiger partial charge in [0.25, 0.3) is 0 Å². The minimum Gasteiger partial charge on any atom is -0.328 e. The lowest BCUT2D eigenvalue weighted by Gasteiger charge is -1.94.